The molecule has 3 heterocycles. The molecule has 3 atom stereocenters. The SMILES string of the molecule is COC(=O)C[C@@H](NC(=S)N1C[C@@H]2C[C@@H](C1)c1cccc(=O)n1C2)C(=O)OC. The standard InChI is InChI=1S/C18H23N3O5S/c1-25-16(23)7-13(17(24)26-2)19-18(27)20-8-11-6-12(10-20)14-4-3-5-15(22)21(14)9-11/h3-5,11-13H,6-10H2,1-2H3,(H,19,27)/t11-,12-,13+/m0/s1. The molecule has 9 heteroatoms. The molecule has 1 saturated heterocycles. The third kappa shape index (κ3) is 4.13. The van der Waals surface area contributed by atoms with Crippen LogP contribution in [0, 0.1) is 5.92 Å². The minimum atomic E-state index is -0.897. The molecule has 0 amide bonds. The van der Waals surface area contributed by atoms with Crippen LogP contribution in [0.3, 0.4) is 0 Å². The van der Waals surface area contributed by atoms with Crippen molar-refractivity contribution in [1.29, 1.82) is 0 Å². The lowest BCUT2D eigenvalue weighted by atomic mass is 9.83. The van der Waals surface area contributed by atoms with Gasteiger partial charge in [0, 0.05) is 37.3 Å². The number of piperidine rings is 1. The Hall–Kier alpha value is -2.42. The number of pyridine rings is 1. The lowest BCUT2D eigenvalue weighted by Crippen LogP contribution is -2.55. The number of fused-ring (bicyclic) bond motifs is 4. The van der Waals surface area contributed by atoms with Crippen LogP contribution < -0.4 is 10.9 Å². The molecule has 1 fully saturated rings. The normalized spacial score (nSPS) is 21.6. The molecule has 0 saturated carbocycles. The number of likely N-dealkylation sites (tertiary alicyclic amines) is 1. The topological polar surface area (TPSA) is 89.9 Å². The summed E-state index contributed by atoms with van der Waals surface area (Å²) in [6.07, 6.45) is 0.841. The molecule has 27 heavy (non-hydrogen) atoms. The summed E-state index contributed by atoms with van der Waals surface area (Å²) >= 11 is 5.50. The lowest BCUT2D eigenvalue weighted by molar-refractivity contribution is -0.149. The Labute approximate surface area is 162 Å². The molecule has 146 valence electrons. The third-order valence-corrected chi connectivity index (χ3v) is 5.52. The molecule has 1 N–H and O–H groups in total. The Balaban J connectivity index is 1.72. The van der Waals surface area contributed by atoms with Crippen molar-refractivity contribution in [1.82, 2.24) is 14.8 Å². The second kappa shape index (κ2) is 8.08. The van der Waals surface area contributed by atoms with Crippen LogP contribution >= 0.6 is 12.2 Å². The van der Waals surface area contributed by atoms with Gasteiger partial charge in [0.25, 0.3) is 5.56 Å². The highest BCUT2D eigenvalue weighted by Gasteiger charge is 2.36. The molecule has 0 aliphatic carbocycles. The van der Waals surface area contributed by atoms with E-state index in [0.717, 1.165) is 12.1 Å². The monoisotopic (exact) mass is 393 g/mol. The maximum atomic E-state index is 12.1. The largest absolute Gasteiger partial charge is 0.469 e. The number of ether oxygens (including phenoxy) is 2. The van der Waals surface area contributed by atoms with Gasteiger partial charge in [0.15, 0.2) is 5.11 Å². The first-order valence-corrected chi connectivity index (χ1v) is 9.23. The molecule has 8 nitrogen and oxygen atoms in total. The van der Waals surface area contributed by atoms with E-state index in [1.165, 1.54) is 14.2 Å². The summed E-state index contributed by atoms with van der Waals surface area (Å²) in [6, 6.07) is 4.46. The van der Waals surface area contributed by atoms with E-state index < -0.39 is 18.0 Å². The second-order valence-corrected chi connectivity index (χ2v) is 7.30. The van der Waals surface area contributed by atoms with E-state index in [9.17, 15) is 14.4 Å². The number of rotatable bonds is 4. The summed E-state index contributed by atoms with van der Waals surface area (Å²) in [7, 11) is 2.53. The van der Waals surface area contributed by atoms with Crippen LogP contribution in [-0.2, 0) is 25.6 Å². The molecule has 0 unspecified atom stereocenters. The van der Waals surface area contributed by atoms with Crippen molar-refractivity contribution in [2.24, 2.45) is 5.92 Å². The third-order valence-electron chi connectivity index (χ3n) is 5.15. The molecule has 0 radical (unpaired) electrons. The van der Waals surface area contributed by atoms with Crippen LogP contribution in [0.1, 0.15) is 24.5 Å². The van der Waals surface area contributed by atoms with Gasteiger partial charge in [-0.25, -0.2) is 4.79 Å². The minimum Gasteiger partial charge on any atom is -0.469 e. The second-order valence-electron chi connectivity index (χ2n) is 6.91. The smallest absolute Gasteiger partial charge is 0.328 e. The van der Waals surface area contributed by atoms with E-state index in [2.05, 4.69) is 10.1 Å². The first-order valence-electron chi connectivity index (χ1n) is 8.82. The van der Waals surface area contributed by atoms with E-state index in [1.54, 1.807) is 12.1 Å². The minimum absolute atomic E-state index is 0.0279. The first-order chi connectivity index (χ1) is 12.9. The molecular weight excluding hydrogens is 370 g/mol. The molecule has 2 aliphatic rings. The molecule has 0 spiro atoms. The summed E-state index contributed by atoms with van der Waals surface area (Å²) in [6.45, 7) is 2.00. The van der Waals surface area contributed by atoms with Crippen LogP contribution in [-0.4, -0.2) is 59.9 Å². The highest BCUT2D eigenvalue weighted by molar-refractivity contribution is 7.80. The first kappa shape index (κ1) is 19.3. The zero-order valence-electron chi connectivity index (χ0n) is 15.3. The number of aromatic nitrogens is 1. The van der Waals surface area contributed by atoms with Crippen molar-refractivity contribution in [3.63, 3.8) is 0 Å². The average Bonchev–Trinajstić information content (AvgIpc) is 2.67. The number of hydrogen-bond donors (Lipinski definition) is 1. The fourth-order valence-corrected chi connectivity index (χ4v) is 4.18. The van der Waals surface area contributed by atoms with Gasteiger partial charge in [0.05, 0.1) is 20.6 Å². The highest BCUT2D eigenvalue weighted by atomic mass is 32.1. The number of nitrogens with one attached hydrogen (secondary N) is 1. The predicted molar refractivity (Wildman–Crippen MR) is 101 cm³/mol. The highest BCUT2D eigenvalue weighted by Crippen LogP contribution is 2.34. The summed E-state index contributed by atoms with van der Waals surface area (Å²) in [5, 5.41) is 3.34. The molecule has 0 aromatic carbocycles. The van der Waals surface area contributed by atoms with Gasteiger partial charge in [-0.2, -0.15) is 0 Å². The van der Waals surface area contributed by atoms with Crippen molar-refractivity contribution in [3.8, 4) is 0 Å². The van der Waals surface area contributed by atoms with Gasteiger partial charge in [0.2, 0.25) is 0 Å². The number of nitrogens with zero attached hydrogens (tertiary/aromatic N) is 2. The number of esters is 2. The Morgan fingerprint density at radius 2 is 2.04 bits per heavy atom. The number of methoxy groups -OCH3 is 2. The van der Waals surface area contributed by atoms with Gasteiger partial charge in [-0.3, -0.25) is 9.59 Å². The zero-order valence-corrected chi connectivity index (χ0v) is 16.2. The van der Waals surface area contributed by atoms with E-state index in [4.69, 9.17) is 17.0 Å². The van der Waals surface area contributed by atoms with Gasteiger partial charge in [-0.05, 0) is 30.6 Å². The molecular formula is C18H23N3O5S. The number of carbonyl (C=O) groups excluding carboxylic acids is 2. The maximum Gasteiger partial charge on any atom is 0.328 e. The van der Waals surface area contributed by atoms with Crippen molar-refractivity contribution in [2.75, 3.05) is 27.3 Å². The Morgan fingerprint density at radius 3 is 2.74 bits per heavy atom. The predicted octanol–water partition coefficient (Wildman–Crippen LogP) is 0.247. The van der Waals surface area contributed by atoms with Crippen molar-refractivity contribution >= 4 is 29.3 Å². The summed E-state index contributed by atoms with van der Waals surface area (Å²) in [5.74, 6) is -0.599. The van der Waals surface area contributed by atoms with Crippen LogP contribution in [0.25, 0.3) is 0 Å². The number of hydrogen-bond acceptors (Lipinski definition) is 6. The Morgan fingerprint density at radius 1 is 1.26 bits per heavy atom. The zero-order chi connectivity index (χ0) is 19.6. The molecule has 3 rings (SSSR count). The summed E-state index contributed by atoms with van der Waals surface area (Å²) in [5.41, 5.74) is 1.05. The fourth-order valence-electron chi connectivity index (χ4n) is 3.89. The van der Waals surface area contributed by atoms with Gasteiger partial charge in [-0.1, -0.05) is 6.07 Å². The van der Waals surface area contributed by atoms with Crippen molar-refractivity contribution in [3.05, 3.63) is 34.2 Å². The molecule has 1 aromatic heterocycles. The lowest BCUT2D eigenvalue weighted by Gasteiger charge is -2.44. The van der Waals surface area contributed by atoms with Crippen molar-refractivity contribution in [2.45, 2.75) is 31.3 Å². The average molecular weight is 393 g/mol. The van der Waals surface area contributed by atoms with E-state index in [0.29, 0.717) is 30.7 Å². The quantitative estimate of drug-likeness (QED) is 0.575. The van der Waals surface area contributed by atoms with Gasteiger partial charge in [0.1, 0.15) is 6.04 Å². The van der Waals surface area contributed by atoms with E-state index in [1.807, 2.05) is 15.5 Å². The maximum absolute atomic E-state index is 12.1. The number of carbonyl (C=O) groups is 2. The van der Waals surface area contributed by atoms with Crippen molar-refractivity contribution < 1.29 is 19.1 Å². The van der Waals surface area contributed by atoms with Crippen LogP contribution in [0.4, 0.5) is 0 Å². The van der Waals surface area contributed by atoms with Crippen LogP contribution in [0.5, 0.6) is 0 Å². The molecule has 2 aliphatic heterocycles. The van der Waals surface area contributed by atoms with Gasteiger partial charge in [-0.15, -0.1) is 0 Å². The van der Waals surface area contributed by atoms with Gasteiger partial charge < -0.3 is 24.3 Å². The Kier molecular flexibility index (Phi) is 5.79. The molecule has 2 bridgehead atoms. The summed E-state index contributed by atoms with van der Waals surface area (Å²) < 4.78 is 11.2. The molecule has 1 aromatic rings. The van der Waals surface area contributed by atoms with E-state index >= 15 is 0 Å². The fraction of sp³-hybridized carbons (Fsp3) is 0.556. The van der Waals surface area contributed by atoms with Gasteiger partial charge >= 0.3 is 11.9 Å². The van der Waals surface area contributed by atoms with E-state index in [-0.39, 0.29) is 17.9 Å². The summed E-state index contributed by atoms with van der Waals surface area (Å²) in [4.78, 5) is 37.7. The van der Waals surface area contributed by atoms with Crippen LogP contribution in [0.15, 0.2) is 23.0 Å². The number of thiocarbonyl (C=S) groups is 1. The van der Waals surface area contributed by atoms with Crippen LogP contribution in [0.2, 0.25) is 0 Å². The Bertz CT molecular complexity index is 808.